The van der Waals surface area contributed by atoms with Gasteiger partial charge in [-0.1, -0.05) is 68.8 Å². The van der Waals surface area contributed by atoms with Gasteiger partial charge in [-0.05, 0) is 61.9 Å². The lowest BCUT2D eigenvalue weighted by Crippen LogP contribution is -2.29. The Morgan fingerprint density at radius 2 is 1.64 bits per heavy atom. The maximum Gasteiger partial charge on any atom is 0.309 e. The van der Waals surface area contributed by atoms with Crippen LogP contribution in [-0.2, 0) is 24.4 Å². The fourth-order valence-corrected chi connectivity index (χ4v) is 5.21. The molecule has 0 spiro atoms. The Morgan fingerprint density at radius 1 is 0.929 bits per heavy atom. The van der Waals surface area contributed by atoms with Crippen LogP contribution in [-0.4, -0.2) is 26.4 Å². The van der Waals surface area contributed by atoms with Crippen LogP contribution >= 0.6 is 11.6 Å². The molecule has 0 saturated carbocycles. The van der Waals surface area contributed by atoms with Gasteiger partial charge in [0.05, 0.1) is 16.6 Å². The number of benzene rings is 3. The lowest BCUT2D eigenvalue weighted by atomic mass is 9.81. The number of aliphatic carboxylic acids is 1. The van der Waals surface area contributed by atoms with E-state index in [2.05, 4.69) is 4.57 Å². The molecule has 0 aliphatic heterocycles. The highest BCUT2D eigenvalue weighted by Crippen LogP contribution is 2.38. The summed E-state index contributed by atoms with van der Waals surface area (Å²) < 4.78 is 8.26. The largest absolute Gasteiger partial charge is 0.487 e. The summed E-state index contributed by atoms with van der Waals surface area (Å²) in [5, 5.41) is 12.5. The number of carbonyl (C=O) groups excluding carboxylic acids is 1. The number of aromatic nitrogens is 2. The predicted molar refractivity (Wildman–Crippen MR) is 167 cm³/mol. The van der Waals surface area contributed by atoms with Gasteiger partial charge in [-0.25, -0.2) is 4.98 Å². The molecule has 0 aliphatic rings. The van der Waals surface area contributed by atoms with Crippen molar-refractivity contribution in [1.29, 1.82) is 0 Å². The van der Waals surface area contributed by atoms with E-state index < -0.39 is 16.8 Å². The molecule has 5 aromatic rings. The lowest BCUT2D eigenvalue weighted by Gasteiger charge is -2.24. The SMILES string of the molecule is CC(C)(C)C(=O)c1c(CC(C)(C)C(=O)O)n(Cc2ccc(Cl)cc2)c2ccc(OCc3ccc4ccccc4n3)cc12. The van der Waals surface area contributed by atoms with Gasteiger partial charge < -0.3 is 14.4 Å². The van der Waals surface area contributed by atoms with Gasteiger partial charge >= 0.3 is 5.97 Å². The van der Waals surface area contributed by atoms with Gasteiger partial charge in [0, 0.05) is 50.9 Å². The number of halogens is 1. The minimum atomic E-state index is -1.10. The number of pyridine rings is 1. The molecule has 216 valence electrons. The van der Waals surface area contributed by atoms with Crippen LogP contribution in [0.25, 0.3) is 21.8 Å². The molecule has 0 amide bonds. The highest BCUT2D eigenvalue weighted by atomic mass is 35.5. The number of carbonyl (C=O) groups is 2. The van der Waals surface area contributed by atoms with Crippen LogP contribution < -0.4 is 4.74 Å². The van der Waals surface area contributed by atoms with E-state index >= 15 is 0 Å². The number of nitrogens with zero attached hydrogens (tertiary/aromatic N) is 2. The molecule has 0 saturated heterocycles. The first-order valence-electron chi connectivity index (χ1n) is 14.0. The molecule has 5 rings (SSSR count). The Morgan fingerprint density at radius 3 is 2.33 bits per heavy atom. The number of ketones is 1. The van der Waals surface area contributed by atoms with Crippen LogP contribution in [0, 0.1) is 10.8 Å². The average Bonchev–Trinajstić information content (AvgIpc) is 3.23. The zero-order valence-electron chi connectivity index (χ0n) is 24.6. The number of ether oxygens (including phenoxy) is 1. The summed E-state index contributed by atoms with van der Waals surface area (Å²) in [7, 11) is 0. The first-order valence-corrected chi connectivity index (χ1v) is 14.4. The third-order valence-corrected chi connectivity index (χ3v) is 7.79. The quantitative estimate of drug-likeness (QED) is 0.177. The Kier molecular flexibility index (Phi) is 7.86. The van der Waals surface area contributed by atoms with E-state index in [4.69, 9.17) is 21.3 Å². The molecule has 1 N–H and O–H groups in total. The Bertz CT molecular complexity index is 1800. The summed E-state index contributed by atoms with van der Waals surface area (Å²) >= 11 is 6.14. The number of carboxylic acid groups (broad SMARTS) is 1. The van der Waals surface area contributed by atoms with Crippen LogP contribution in [0.5, 0.6) is 5.75 Å². The van der Waals surface area contributed by atoms with Crippen LogP contribution in [0.1, 0.15) is 61.9 Å². The first kappa shape index (κ1) is 29.3. The fourth-order valence-electron chi connectivity index (χ4n) is 5.08. The molecule has 0 radical (unpaired) electrons. The maximum atomic E-state index is 14.1. The number of rotatable bonds is 9. The second kappa shape index (κ2) is 11.3. The van der Waals surface area contributed by atoms with E-state index in [1.165, 1.54) is 0 Å². The third-order valence-electron chi connectivity index (χ3n) is 7.54. The van der Waals surface area contributed by atoms with Crippen molar-refractivity contribution in [3.8, 4) is 5.75 Å². The van der Waals surface area contributed by atoms with Crippen molar-refractivity contribution in [2.24, 2.45) is 10.8 Å². The summed E-state index contributed by atoms with van der Waals surface area (Å²) in [6.07, 6.45) is 0.180. The van der Waals surface area contributed by atoms with Crippen molar-refractivity contribution in [3.63, 3.8) is 0 Å². The summed E-state index contributed by atoms with van der Waals surface area (Å²) in [6, 6.07) is 25.2. The van der Waals surface area contributed by atoms with E-state index in [9.17, 15) is 14.7 Å². The maximum absolute atomic E-state index is 14.1. The summed E-state index contributed by atoms with van der Waals surface area (Å²) in [4.78, 5) is 31.0. The Hall–Kier alpha value is -4.16. The average molecular weight is 583 g/mol. The topological polar surface area (TPSA) is 81.4 Å². The number of hydrogen-bond acceptors (Lipinski definition) is 4. The molecular weight excluding hydrogens is 548 g/mol. The summed E-state index contributed by atoms with van der Waals surface area (Å²) in [6.45, 7) is 9.76. The summed E-state index contributed by atoms with van der Waals surface area (Å²) in [5.74, 6) is -0.369. The minimum Gasteiger partial charge on any atom is -0.487 e. The molecule has 0 unspecified atom stereocenters. The van der Waals surface area contributed by atoms with E-state index in [0.717, 1.165) is 33.1 Å². The van der Waals surface area contributed by atoms with Crippen molar-refractivity contribution in [1.82, 2.24) is 9.55 Å². The van der Waals surface area contributed by atoms with Crippen LogP contribution in [0.3, 0.4) is 0 Å². The molecule has 6 nitrogen and oxygen atoms in total. The number of fused-ring (bicyclic) bond motifs is 2. The van der Waals surface area contributed by atoms with Crippen molar-refractivity contribution >= 4 is 45.2 Å². The van der Waals surface area contributed by atoms with E-state index in [0.29, 0.717) is 28.6 Å². The van der Waals surface area contributed by atoms with Crippen LogP contribution in [0.15, 0.2) is 78.9 Å². The molecule has 2 aromatic heterocycles. The Balaban J connectivity index is 1.63. The number of carboxylic acids is 1. The van der Waals surface area contributed by atoms with Gasteiger partial charge in [-0.3, -0.25) is 9.59 Å². The van der Waals surface area contributed by atoms with Crippen molar-refractivity contribution < 1.29 is 19.4 Å². The monoisotopic (exact) mass is 582 g/mol. The van der Waals surface area contributed by atoms with Gasteiger partial charge in [0.1, 0.15) is 12.4 Å². The molecule has 0 bridgehead atoms. The molecule has 0 atom stereocenters. The molecule has 3 aromatic carbocycles. The van der Waals surface area contributed by atoms with Gasteiger partial charge in [-0.2, -0.15) is 0 Å². The number of para-hydroxylation sites is 1. The van der Waals surface area contributed by atoms with Crippen molar-refractivity contribution in [3.05, 3.63) is 106 Å². The summed E-state index contributed by atoms with van der Waals surface area (Å²) in [5.41, 5.74) is 2.97. The molecule has 0 aliphatic carbocycles. The number of Topliss-reactive ketones (excluding diaryl/α,β-unsaturated/α-hetero) is 1. The lowest BCUT2D eigenvalue weighted by molar-refractivity contribution is -0.146. The van der Waals surface area contributed by atoms with Gasteiger partial charge in [0.25, 0.3) is 0 Å². The highest BCUT2D eigenvalue weighted by molar-refractivity contribution is 6.30. The molecule has 7 heteroatoms. The zero-order valence-corrected chi connectivity index (χ0v) is 25.3. The van der Waals surface area contributed by atoms with E-state index in [-0.39, 0.29) is 18.8 Å². The fraction of sp³-hybridized carbons (Fsp3) is 0.286. The van der Waals surface area contributed by atoms with Crippen molar-refractivity contribution in [2.75, 3.05) is 0 Å². The predicted octanol–water partition coefficient (Wildman–Crippen LogP) is 8.35. The second-order valence-corrected chi connectivity index (χ2v) is 12.9. The molecule has 0 fully saturated rings. The zero-order chi connectivity index (χ0) is 30.2. The van der Waals surface area contributed by atoms with E-state index in [1.54, 1.807) is 13.8 Å². The van der Waals surface area contributed by atoms with Gasteiger partial charge in [0.2, 0.25) is 0 Å². The molecular formula is C35H35ClN2O4. The van der Waals surface area contributed by atoms with Crippen LogP contribution in [0.4, 0.5) is 0 Å². The third kappa shape index (κ3) is 6.04. The normalized spacial score (nSPS) is 12.1. The van der Waals surface area contributed by atoms with Gasteiger partial charge in [0.15, 0.2) is 5.78 Å². The molecule has 2 heterocycles. The van der Waals surface area contributed by atoms with E-state index in [1.807, 2.05) is 99.6 Å². The van der Waals surface area contributed by atoms with Crippen molar-refractivity contribution in [2.45, 2.75) is 54.2 Å². The highest BCUT2D eigenvalue weighted by Gasteiger charge is 2.35. The first-order chi connectivity index (χ1) is 19.8. The molecule has 42 heavy (non-hydrogen) atoms. The van der Waals surface area contributed by atoms with Gasteiger partial charge in [-0.15, -0.1) is 0 Å². The second-order valence-electron chi connectivity index (χ2n) is 12.4. The van der Waals surface area contributed by atoms with Crippen LogP contribution in [0.2, 0.25) is 5.02 Å². The minimum absolute atomic E-state index is 0.0492. The Labute approximate surface area is 250 Å². The standard InChI is InChI=1S/C35H35ClN2O4/c1-34(2,3)32(39)31-27-18-26(42-21-25-15-12-23-8-6-7-9-28(23)37-25)16-17-29(27)38(20-22-10-13-24(36)14-11-22)30(31)19-35(4,5)33(40)41/h6-18H,19-21H2,1-5H3,(H,40,41). The smallest absolute Gasteiger partial charge is 0.309 e. The number of hydrogen-bond donors (Lipinski definition) is 1.